The van der Waals surface area contributed by atoms with Gasteiger partial charge in [-0.05, 0) is 25.2 Å². The van der Waals surface area contributed by atoms with Gasteiger partial charge in [0.1, 0.15) is 5.75 Å². The van der Waals surface area contributed by atoms with Crippen molar-refractivity contribution in [1.82, 2.24) is 15.5 Å². The summed E-state index contributed by atoms with van der Waals surface area (Å²) in [6.45, 7) is 0.789. The minimum Gasteiger partial charge on any atom is -0.497 e. The fourth-order valence-electron chi connectivity index (χ4n) is 1.57. The number of methoxy groups -OCH3 is 1. The summed E-state index contributed by atoms with van der Waals surface area (Å²) in [5.41, 5.74) is 3.06. The highest BCUT2D eigenvalue weighted by Gasteiger charge is 2.04. The number of aromatic nitrogens is 2. The Labute approximate surface area is 94.6 Å². The lowest BCUT2D eigenvalue weighted by Crippen LogP contribution is -2.04. The number of hydrogen-bond donors (Lipinski definition) is 2. The normalized spacial score (nSPS) is 10.4. The van der Waals surface area contributed by atoms with Crippen LogP contribution in [0.3, 0.4) is 0 Å². The highest BCUT2D eigenvalue weighted by Crippen LogP contribution is 2.22. The van der Waals surface area contributed by atoms with Gasteiger partial charge in [0.05, 0.1) is 12.8 Å². The zero-order valence-corrected chi connectivity index (χ0v) is 9.45. The van der Waals surface area contributed by atoms with Crippen LogP contribution in [0, 0.1) is 0 Å². The predicted octanol–water partition coefficient (Wildman–Crippen LogP) is 1.80. The maximum Gasteiger partial charge on any atom is 0.119 e. The number of nitrogens with zero attached hydrogens (tertiary/aromatic N) is 1. The minimum absolute atomic E-state index is 0.789. The third-order valence-corrected chi connectivity index (χ3v) is 2.36. The average Bonchev–Trinajstić information content (AvgIpc) is 2.78. The van der Waals surface area contributed by atoms with Crippen LogP contribution < -0.4 is 10.1 Å². The molecule has 1 aromatic heterocycles. The van der Waals surface area contributed by atoms with Crippen LogP contribution in [0.4, 0.5) is 0 Å². The summed E-state index contributed by atoms with van der Waals surface area (Å²) in [5, 5.41) is 10.3. The summed E-state index contributed by atoms with van der Waals surface area (Å²) < 4.78 is 5.18. The van der Waals surface area contributed by atoms with Crippen LogP contribution in [0.25, 0.3) is 11.3 Å². The van der Waals surface area contributed by atoms with Crippen LogP contribution in [-0.4, -0.2) is 24.4 Å². The molecule has 4 heteroatoms. The fraction of sp³-hybridized carbons (Fsp3) is 0.250. The number of nitrogens with one attached hydrogen (secondary N) is 2. The topological polar surface area (TPSA) is 49.9 Å². The first-order valence-electron chi connectivity index (χ1n) is 5.17. The molecule has 0 aliphatic rings. The van der Waals surface area contributed by atoms with Crippen molar-refractivity contribution in [2.45, 2.75) is 6.54 Å². The molecule has 0 fully saturated rings. The Morgan fingerprint density at radius 3 is 3.00 bits per heavy atom. The van der Waals surface area contributed by atoms with Crippen LogP contribution in [0.5, 0.6) is 5.75 Å². The van der Waals surface area contributed by atoms with Gasteiger partial charge in [-0.2, -0.15) is 5.10 Å². The average molecular weight is 217 g/mol. The molecule has 0 aliphatic heterocycles. The lowest BCUT2D eigenvalue weighted by atomic mass is 10.1. The van der Waals surface area contributed by atoms with Crippen molar-refractivity contribution < 1.29 is 4.74 Å². The lowest BCUT2D eigenvalue weighted by molar-refractivity contribution is 0.415. The van der Waals surface area contributed by atoms with Crippen molar-refractivity contribution in [2.24, 2.45) is 0 Å². The van der Waals surface area contributed by atoms with Gasteiger partial charge in [-0.25, -0.2) is 0 Å². The van der Waals surface area contributed by atoms with Gasteiger partial charge < -0.3 is 10.1 Å². The van der Waals surface area contributed by atoms with Gasteiger partial charge in [0.25, 0.3) is 0 Å². The number of ether oxygens (including phenoxy) is 1. The predicted molar refractivity (Wildman–Crippen MR) is 63.3 cm³/mol. The van der Waals surface area contributed by atoms with E-state index >= 15 is 0 Å². The molecule has 84 valence electrons. The molecule has 0 bridgehead atoms. The number of benzene rings is 1. The van der Waals surface area contributed by atoms with Crippen LogP contribution in [-0.2, 0) is 6.54 Å². The molecule has 0 atom stereocenters. The Morgan fingerprint density at radius 2 is 2.25 bits per heavy atom. The van der Waals surface area contributed by atoms with Crippen molar-refractivity contribution in [1.29, 1.82) is 0 Å². The van der Waals surface area contributed by atoms with E-state index in [4.69, 9.17) is 4.74 Å². The van der Waals surface area contributed by atoms with Gasteiger partial charge in [-0.15, -0.1) is 0 Å². The van der Waals surface area contributed by atoms with E-state index in [0.29, 0.717) is 0 Å². The van der Waals surface area contributed by atoms with Crippen LogP contribution in [0.1, 0.15) is 5.69 Å². The van der Waals surface area contributed by atoms with Crippen molar-refractivity contribution in [2.75, 3.05) is 14.2 Å². The third-order valence-electron chi connectivity index (χ3n) is 2.36. The molecule has 2 N–H and O–H groups in total. The molecule has 0 saturated carbocycles. The number of aromatic amines is 1. The second kappa shape index (κ2) is 4.81. The zero-order valence-electron chi connectivity index (χ0n) is 9.45. The summed E-state index contributed by atoms with van der Waals surface area (Å²) in [4.78, 5) is 0. The highest BCUT2D eigenvalue weighted by molar-refractivity contribution is 5.61. The second-order valence-electron chi connectivity index (χ2n) is 3.54. The first-order chi connectivity index (χ1) is 7.83. The number of hydrogen-bond acceptors (Lipinski definition) is 3. The van der Waals surface area contributed by atoms with Gasteiger partial charge in [-0.3, -0.25) is 5.10 Å². The largest absolute Gasteiger partial charge is 0.497 e. The van der Waals surface area contributed by atoms with E-state index in [9.17, 15) is 0 Å². The second-order valence-corrected chi connectivity index (χ2v) is 3.54. The van der Waals surface area contributed by atoms with E-state index < -0.39 is 0 Å². The van der Waals surface area contributed by atoms with E-state index in [1.807, 2.05) is 37.4 Å². The summed E-state index contributed by atoms with van der Waals surface area (Å²) in [7, 11) is 3.57. The maximum atomic E-state index is 5.18. The van der Waals surface area contributed by atoms with Gasteiger partial charge in [0.15, 0.2) is 0 Å². The molecule has 0 amide bonds. The molecule has 4 nitrogen and oxygen atoms in total. The highest BCUT2D eigenvalue weighted by atomic mass is 16.5. The first kappa shape index (κ1) is 10.7. The molecule has 0 aliphatic carbocycles. The zero-order chi connectivity index (χ0) is 11.4. The SMILES string of the molecule is CNCc1cc(-c2cccc(OC)c2)n[nH]1. The van der Waals surface area contributed by atoms with E-state index in [2.05, 4.69) is 15.5 Å². The van der Waals surface area contributed by atoms with E-state index in [-0.39, 0.29) is 0 Å². The molecule has 0 spiro atoms. The maximum absolute atomic E-state index is 5.18. The molecular formula is C12H15N3O. The summed E-state index contributed by atoms with van der Waals surface area (Å²) in [6, 6.07) is 9.90. The molecule has 0 saturated heterocycles. The Balaban J connectivity index is 2.27. The lowest BCUT2D eigenvalue weighted by Gasteiger charge is -2.00. The standard InChI is InChI=1S/C12H15N3O/c1-13-8-10-7-12(15-14-10)9-4-3-5-11(6-9)16-2/h3-7,13H,8H2,1-2H3,(H,14,15). The molecule has 0 radical (unpaired) electrons. The van der Waals surface area contributed by atoms with Crippen molar-refractivity contribution in [3.63, 3.8) is 0 Å². The molecule has 16 heavy (non-hydrogen) atoms. The summed E-state index contributed by atoms with van der Waals surface area (Å²) in [6.07, 6.45) is 0. The van der Waals surface area contributed by atoms with Crippen LogP contribution in [0.2, 0.25) is 0 Å². The van der Waals surface area contributed by atoms with Gasteiger partial charge in [-0.1, -0.05) is 12.1 Å². The van der Waals surface area contributed by atoms with Crippen molar-refractivity contribution in [3.8, 4) is 17.0 Å². The monoisotopic (exact) mass is 217 g/mol. The Morgan fingerprint density at radius 1 is 1.38 bits per heavy atom. The van der Waals surface area contributed by atoms with Crippen LogP contribution >= 0.6 is 0 Å². The van der Waals surface area contributed by atoms with E-state index in [0.717, 1.165) is 29.2 Å². The Kier molecular flexibility index (Phi) is 3.22. The summed E-state index contributed by atoms with van der Waals surface area (Å²) in [5.74, 6) is 0.843. The smallest absolute Gasteiger partial charge is 0.119 e. The number of H-pyrrole nitrogens is 1. The summed E-state index contributed by atoms with van der Waals surface area (Å²) >= 11 is 0. The molecule has 1 heterocycles. The van der Waals surface area contributed by atoms with Crippen LogP contribution in [0.15, 0.2) is 30.3 Å². The van der Waals surface area contributed by atoms with E-state index in [1.54, 1.807) is 7.11 Å². The molecule has 2 aromatic rings. The van der Waals surface area contributed by atoms with E-state index in [1.165, 1.54) is 0 Å². The van der Waals surface area contributed by atoms with Gasteiger partial charge >= 0.3 is 0 Å². The Hall–Kier alpha value is -1.81. The quantitative estimate of drug-likeness (QED) is 0.821. The molecule has 0 unspecified atom stereocenters. The molecule has 1 aromatic carbocycles. The Bertz CT molecular complexity index is 465. The number of rotatable bonds is 4. The first-order valence-corrected chi connectivity index (χ1v) is 5.17. The van der Waals surface area contributed by atoms with Crippen molar-refractivity contribution >= 4 is 0 Å². The van der Waals surface area contributed by atoms with Crippen molar-refractivity contribution in [3.05, 3.63) is 36.0 Å². The van der Waals surface area contributed by atoms with Gasteiger partial charge in [0, 0.05) is 17.8 Å². The third kappa shape index (κ3) is 2.23. The minimum atomic E-state index is 0.789. The molecule has 2 rings (SSSR count). The van der Waals surface area contributed by atoms with Gasteiger partial charge in [0.2, 0.25) is 0 Å². The molecular weight excluding hydrogens is 202 g/mol. The fourth-order valence-corrected chi connectivity index (χ4v) is 1.57.